The van der Waals surface area contributed by atoms with Crippen LogP contribution in [0.5, 0.6) is 11.5 Å². The number of amides is 1. The number of rotatable bonds is 8. The molecule has 6 nitrogen and oxygen atoms in total. The van der Waals surface area contributed by atoms with Gasteiger partial charge in [-0.2, -0.15) is 13.2 Å². The van der Waals surface area contributed by atoms with Gasteiger partial charge in [0.05, 0.1) is 25.1 Å². The first-order valence-electron chi connectivity index (χ1n) is 11.2. The minimum atomic E-state index is -4.70. The van der Waals surface area contributed by atoms with Gasteiger partial charge in [0.1, 0.15) is 24.9 Å². The van der Waals surface area contributed by atoms with Crippen molar-refractivity contribution in [3.63, 3.8) is 0 Å². The maximum Gasteiger partial charge on any atom is 0.416 e. The highest BCUT2D eigenvalue weighted by Gasteiger charge is 2.35. The van der Waals surface area contributed by atoms with E-state index in [1.807, 2.05) is 50.5 Å². The van der Waals surface area contributed by atoms with E-state index in [9.17, 15) is 22.8 Å². The molecule has 1 N–H and O–H groups in total. The van der Waals surface area contributed by atoms with Crippen molar-refractivity contribution in [1.82, 2.24) is 4.90 Å². The average Bonchev–Trinajstić information content (AvgIpc) is 3.20. The Kier molecular flexibility index (Phi) is 7.23. The third-order valence-electron chi connectivity index (χ3n) is 5.79. The molecule has 1 radical (unpaired) electrons. The van der Waals surface area contributed by atoms with Crippen molar-refractivity contribution in [2.45, 2.75) is 32.1 Å². The number of ether oxygens (including phenoxy) is 2. The van der Waals surface area contributed by atoms with Gasteiger partial charge in [-0.25, -0.2) is 4.79 Å². The maximum atomic E-state index is 13.3. The van der Waals surface area contributed by atoms with Crippen LogP contribution in [0, 0.1) is 0 Å². The molecule has 0 aromatic heterocycles. The van der Waals surface area contributed by atoms with Crippen molar-refractivity contribution >= 4 is 24.8 Å². The first kappa shape index (κ1) is 25.2. The summed E-state index contributed by atoms with van der Waals surface area (Å²) in [5, 5.41) is 9.07. The minimum absolute atomic E-state index is 0.0555. The highest BCUT2D eigenvalue weighted by Crippen LogP contribution is 2.36. The third kappa shape index (κ3) is 5.81. The zero-order valence-electron chi connectivity index (χ0n) is 19.3. The molecule has 3 aromatic carbocycles. The fourth-order valence-corrected chi connectivity index (χ4v) is 4.03. The van der Waals surface area contributed by atoms with E-state index >= 15 is 0 Å². The normalized spacial score (nSPS) is 15.5. The van der Waals surface area contributed by atoms with Gasteiger partial charge in [0, 0.05) is 5.56 Å². The van der Waals surface area contributed by atoms with Crippen LogP contribution in [0.4, 0.5) is 18.0 Å². The van der Waals surface area contributed by atoms with Crippen LogP contribution >= 0.6 is 0 Å². The predicted molar refractivity (Wildman–Crippen MR) is 127 cm³/mol. The highest BCUT2D eigenvalue weighted by atomic mass is 19.4. The number of carboxylic acid groups (broad SMARTS) is 1. The molecule has 185 valence electrons. The minimum Gasteiger partial charge on any atom is -0.481 e. The van der Waals surface area contributed by atoms with Crippen LogP contribution in [0.3, 0.4) is 0 Å². The molecule has 4 rings (SSSR count). The van der Waals surface area contributed by atoms with Gasteiger partial charge in [-0.3, -0.25) is 9.69 Å². The lowest BCUT2D eigenvalue weighted by Gasteiger charge is -2.19. The molecule has 0 unspecified atom stereocenters. The SMILES string of the molecule is C[B]c1ccc(Oc2ccc(C(F)(F)F)c(CC(=O)O)c2)c(CN2C[C@H](c3ccccc3)OC2=O)c1. The predicted octanol–water partition coefficient (Wildman–Crippen LogP) is 5.20. The molecule has 3 aromatic rings. The Labute approximate surface area is 206 Å². The number of aliphatic carboxylic acids is 1. The smallest absolute Gasteiger partial charge is 0.416 e. The third-order valence-corrected chi connectivity index (χ3v) is 5.79. The van der Waals surface area contributed by atoms with Gasteiger partial charge < -0.3 is 14.6 Å². The summed E-state index contributed by atoms with van der Waals surface area (Å²) in [6.45, 7) is 2.33. The van der Waals surface area contributed by atoms with E-state index in [1.54, 1.807) is 12.1 Å². The highest BCUT2D eigenvalue weighted by molar-refractivity contribution is 6.51. The quantitative estimate of drug-likeness (QED) is 0.435. The molecule has 0 bridgehead atoms. The number of carboxylic acids is 1. The number of hydrogen-bond acceptors (Lipinski definition) is 4. The van der Waals surface area contributed by atoms with Crippen molar-refractivity contribution in [3.05, 3.63) is 89.0 Å². The van der Waals surface area contributed by atoms with E-state index in [2.05, 4.69) is 0 Å². The van der Waals surface area contributed by atoms with Gasteiger partial charge in [-0.05, 0) is 35.4 Å². The van der Waals surface area contributed by atoms with E-state index in [0.717, 1.165) is 29.2 Å². The maximum absolute atomic E-state index is 13.3. The van der Waals surface area contributed by atoms with E-state index in [4.69, 9.17) is 14.6 Å². The van der Waals surface area contributed by atoms with Crippen molar-refractivity contribution in [3.8, 4) is 11.5 Å². The van der Waals surface area contributed by atoms with Gasteiger partial charge in [-0.15, -0.1) is 0 Å². The summed E-state index contributed by atoms with van der Waals surface area (Å²) in [5.74, 6) is -1.00. The van der Waals surface area contributed by atoms with Gasteiger partial charge in [-0.1, -0.05) is 54.8 Å². The molecule has 1 fully saturated rings. The Bertz CT molecular complexity index is 1270. The second-order valence-corrected chi connectivity index (χ2v) is 8.31. The standard InChI is InChI=1S/C26H22BF3NO5/c1-27-19-7-10-22(35-20-8-9-21(26(28,29)30)17(12-20)13-24(32)33)18(11-19)14-31-15-23(36-25(31)34)16-5-3-2-4-6-16/h2-12,23H,13-15H2,1H3,(H,32,33)/t23-/m1/s1. The molecular formula is C26H22BF3NO5. The molecule has 0 saturated carbocycles. The number of benzene rings is 3. The lowest BCUT2D eigenvalue weighted by Crippen LogP contribution is -2.25. The van der Waals surface area contributed by atoms with E-state index in [0.29, 0.717) is 17.9 Å². The zero-order valence-corrected chi connectivity index (χ0v) is 19.3. The molecule has 1 amide bonds. The molecule has 0 aliphatic carbocycles. The molecule has 1 heterocycles. The zero-order chi connectivity index (χ0) is 25.9. The summed E-state index contributed by atoms with van der Waals surface area (Å²) < 4.78 is 51.4. The van der Waals surface area contributed by atoms with Gasteiger partial charge >= 0.3 is 18.2 Å². The molecule has 10 heteroatoms. The largest absolute Gasteiger partial charge is 0.481 e. The van der Waals surface area contributed by atoms with Crippen molar-refractivity contribution < 1.29 is 37.3 Å². The number of alkyl halides is 3. The number of carbonyl (C=O) groups excluding carboxylic acids is 1. The number of hydrogen-bond donors (Lipinski definition) is 1. The Morgan fingerprint density at radius 1 is 1.11 bits per heavy atom. The number of halogens is 3. The Hall–Kier alpha value is -3.95. The Morgan fingerprint density at radius 2 is 1.86 bits per heavy atom. The molecule has 1 aliphatic heterocycles. The summed E-state index contributed by atoms with van der Waals surface area (Å²) in [6.07, 6.45) is -6.40. The Morgan fingerprint density at radius 3 is 2.53 bits per heavy atom. The fraction of sp³-hybridized carbons (Fsp3) is 0.231. The molecule has 1 aliphatic rings. The number of nitrogens with zero attached hydrogens (tertiary/aromatic N) is 1. The molecule has 36 heavy (non-hydrogen) atoms. The molecule has 1 atom stereocenters. The second kappa shape index (κ2) is 10.4. The first-order valence-corrected chi connectivity index (χ1v) is 11.2. The van der Waals surface area contributed by atoms with Crippen LogP contribution in [0.2, 0.25) is 6.82 Å². The fourth-order valence-electron chi connectivity index (χ4n) is 4.03. The van der Waals surface area contributed by atoms with E-state index in [-0.39, 0.29) is 12.3 Å². The van der Waals surface area contributed by atoms with E-state index < -0.39 is 41.9 Å². The number of carbonyl (C=O) groups is 2. The van der Waals surface area contributed by atoms with E-state index in [1.165, 1.54) is 4.90 Å². The van der Waals surface area contributed by atoms with Crippen molar-refractivity contribution in [1.29, 1.82) is 0 Å². The molecule has 1 saturated heterocycles. The lowest BCUT2D eigenvalue weighted by atomic mass is 9.73. The van der Waals surface area contributed by atoms with Crippen molar-refractivity contribution in [2.75, 3.05) is 6.54 Å². The van der Waals surface area contributed by atoms with Crippen molar-refractivity contribution in [2.24, 2.45) is 0 Å². The van der Waals surface area contributed by atoms with Crippen LogP contribution < -0.4 is 10.2 Å². The lowest BCUT2D eigenvalue weighted by molar-refractivity contribution is -0.139. The summed E-state index contributed by atoms with van der Waals surface area (Å²) in [5.41, 5.74) is 0.928. The van der Waals surface area contributed by atoms with Gasteiger partial charge in [0.2, 0.25) is 0 Å². The van der Waals surface area contributed by atoms with Crippen LogP contribution in [-0.2, 0) is 28.7 Å². The van der Waals surface area contributed by atoms with Gasteiger partial charge in [0.15, 0.2) is 0 Å². The van der Waals surface area contributed by atoms with Crippen LogP contribution in [0.1, 0.15) is 28.4 Å². The topological polar surface area (TPSA) is 76.1 Å². The summed E-state index contributed by atoms with van der Waals surface area (Å²) in [7, 11) is 1.87. The van der Waals surface area contributed by atoms with Gasteiger partial charge in [0.25, 0.3) is 0 Å². The van der Waals surface area contributed by atoms with Crippen LogP contribution in [-0.4, -0.2) is 35.9 Å². The summed E-state index contributed by atoms with van der Waals surface area (Å²) >= 11 is 0. The average molecular weight is 496 g/mol. The molecule has 0 spiro atoms. The molecular weight excluding hydrogens is 474 g/mol. The first-order chi connectivity index (χ1) is 17.1. The Balaban J connectivity index is 1.60. The summed E-state index contributed by atoms with van der Waals surface area (Å²) in [4.78, 5) is 25.2. The second-order valence-electron chi connectivity index (χ2n) is 8.31. The monoisotopic (exact) mass is 496 g/mol. The summed E-state index contributed by atoms with van der Waals surface area (Å²) in [6, 6.07) is 17.6. The van der Waals surface area contributed by atoms with Crippen LogP contribution in [0.25, 0.3) is 0 Å². The van der Waals surface area contributed by atoms with Crippen LogP contribution in [0.15, 0.2) is 66.7 Å². The number of cyclic esters (lactones) is 1.